The molecule has 0 aliphatic heterocycles. The highest BCUT2D eigenvalue weighted by Crippen LogP contribution is 2.16. The summed E-state index contributed by atoms with van der Waals surface area (Å²) in [6, 6.07) is 0. The lowest BCUT2D eigenvalue weighted by Crippen LogP contribution is -2.61. The molecule has 0 spiro atoms. The van der Waals surface area contributed by atoms with E-state index in [2.05, 4.69) is 0 Å². The second-order valence-corrected chi connectivity index (χ2v) is 4.87. The van der Waals surface area contributed by atoms with Crippen molar-refractivity contribution in [2.45, 2.75) is 55.4 Å². The summed E-state index contributed by atoms with van der Waals surface area (Å²) in [4.78, 5) is 0. The third kappa shape index (κ3) is 4.86. The zero-order chi connectivity index (χ0) is 16.2. The van der Waals surface area contributed by atoms with Gasteiger partial charge in [-0.2, -0.15) is 0 Å². The molecule has 0 saturated carbocycles. The lowest BCUT2D eigenvalue weighted by Gasteiger charge is -2.35. The lowest BCUT2D eigenvalue weighted by molar-refractivity contribution is -0.191. The smallest absolute Gasteiger partial charge is 0.139 e. The molecule has 10 heteroatoms. The van der Waals surface area contributed by atoms with Crippen LogP contribution in [0, 0.1) is 0 Å². The van der Waals surface area contributed by atoms with E-state index in [4.69, 9.17) is 15.9 Å². The molecular weight excluding hydrogens is 278 g/mol. The van der Waals surface area contributed by atoms with Crippen LogP contribution in [0.25, 0.3) is 0 Å². The van der Waals surface area contributed by atoms with Crippen molar-refractivity contribution in [2.75, 3.05) is 6.61 Å². The maximum absolute atomic E-state index is 9.55. The molecule has 0 aromatic carbocycles. The Bertz CT molecular complexity index is 284. The molecular formula is C10H23NO9. The Hall–Kier alpha value is -0.400. The van der Waals surface area contributed by atoms with Crippen molar-refractivity contribution in [3.05, 3.63) is 0 Å². The molecule has 0 radical (unpaired) electrons. The Labute approximate surface area is 115 Å². The molecule has 0 aromatic rings. The van der Waals surface area contributed by atoms with Crippen molar-refractivity contribution < 1.29 is 46.0 Å². The molecule has 0 fully saturated rings. The Morgan fingerprint density at radius 1 is 0.800 bits per heavy atom. The largest absolute Gasteiger partial charge is 0.394 e. The molecule has 20 heavy (non-hydrogen) atoms. The zero-order valence-corrected chi connectivity index (χ0v) is 10.9. The molecule has 122 valence electrons. The quantitative estimate of drug-likeness (QED) is 0.192. The lowest BCUT2D eigenvalue weighted by atomic mass is 9.91. The molecule has 0 aromatic heterocycles. The predicted octanol–water partition coefficient (Wildman–Crippen LogP) is -5.83. The van der Waals surface area contributed by atoms with Crippen LogP contribution in [0.4, 0.5) is 0 Å². The van der Waals surface area contributed by atoms with E-state index in [1.165, 1.54) is 0 Å². The highest BCUT2D eigenvalue weighted by Gasteiger charge is 2.42. The molecule has 0 heterocycles. The third-order valence-electron chi connectivity index (χ3n) is 2.90. The number of hydrogen-bond donors (Lipinski definition) is 10. The van der Waals surface area contributed by atoms with Crippen molar-refractivity contribution in [1.82, 2.24) is 0 Å². The van der Waals surface area contributed by atoms with Crippen LogP contribution >= 0.6 is 0 Å². The van der Waals surface area contributed by atoms with Gasteiger partial charge in [-0.15, -0.1) is 0 Å². The van der Waals surface area contributed by atoms with E-state index in [0.717, 1.165) is 6.92 Å². The highest BCUT2D eigenvalue weighted by molar-refractivity contribution is 4.93. The maximum atomic E-state index is 9.55. The van der Waals surface area contributed by atoms with Gasteiger partial charge < -0.3 is 51.7 Å². The second-order valence-electron chi connectivity index (χ2n) is 4.87. The molecule has 11 N–H and O–H groups in total. The van der Waals surface area contributed by atoms with Gasteiger partial charge in [0.2, 0.25) is 0 Å². The summed E-state index contributed by atoms with van der Waals surface area (Å²) in [5.41, 5.74) is 2.81. The fraction of sp³-hybridized carbons (Fsp3) is 1.00. The maximum Gasteiger partial charge on any atom is 0.139 e. The average molecular weight is 301 g/mol. The number of hydrogen-bond acceptors (Lipinski definition) is 10. The monoisotopic (exact) mass is 301 g/mol. The van der Waals surface area contributed by atoms with Gasteiger partial charge in [-0.3, -0.25) is 0 Å². The normalized spacial score (nSPS) is 25.9. The van der Waals surface area contributed by atoms with Crippen LogP contribution in [0.3, 0.4) is 0 Å². The van der Waals surface area contributed by atoms with Gasteiger partial charge in [-0.05, 0) is 6.92 Å². The van der Waals surface area contributed by atoms with Crippen LogP contribution in [-0.2, 0) is 0 Å². The predicted molar refractivity (Wildman–Crippen MR) is 63.9 cm³/mol. The fourth-order valence-corrected chi connectivity index (χ4v) is 1.47. The number of aliphatic hydroxyl groups excluding tert-OH is 8. The first kappa shape index (κ1) is 19.6. The molecule has 0 amide bonds. The van der Waals surface area contributed by atoms with Crippen LogP contribution in [0.5, 0.6) is 0 Å². The van der Waals surface area contributed by atoms with Crippen LogP contribution in [-0.4, -0.2) is 101 Å². The average Bonchev–Trinajstić information content (AvgIpc) is 2.40. The molecule has 10 nitrogen and oxygen atoms in total. The Morgan fingerprint density at radius 3 is 1.50 bits per heavy atom. The number of rotatable bonds is 8. The molecule has 0 bridgehead atoms. The molecule has 8 atom stereocenters. The Morgan fingerprint density at radius 2 is 1.15 bits per heavy atom. The van der Waals surface area contributed by atoms with Crippen LogP contribution in [0.1, 0.15) is 6.92 Å². The van der Waals surface area contributed by atoms with Gasteiger partial charge >= 0.3 is 0 Å². The first-order valence-corrected chi connectivity index (χ1v) is 5.83. The van der Waals surface area contributed by atoms with E-state index in [0.29, 0.717) is 0 Å². The van der Waals surface area contributed by atoms with Gasteiger partial charge in [0.15, 0.2) is 0 Å². The summed E-state index contributed by atoms with van der Waals surface area (Å²) in [6.07, 6.45) is -14.5. The second kappa shape index (κ2) is 7.56. The summed E-state index contributed by atoms with van der Waals surface area (Å²) in [5, 5.41) is 83.7. The first-order chi connectivity index (χ1) is 8.95. The van der Waals surface area contributed by atoms with Crippen LogP contribution in [0.2, 0.25) is 0 Å². The van der Waals surface area contributed by atoms with Gasteiger partial charge in [0.1, 0.15) is 48.5 Å². The van der Waals surface area contributed by atoms with E-state index in [1.54, 1.807) is 0 Å². The molecule has 0 aliphatic carbocycles. The van der Waals surface area contributed by atoms with Crippen molar-refractivity contribution in [1.29, 1.82) is 0 Å². The summed E-state index contributed by atoms with van der Waals surface area (Å²) >= 11 is 0. The van der Waals surface area contributed by atoms with Gasteiger partial charge in [-0.1, -0.05) is 0 Å². The Balaban J connectivity index is 4.80. The summed E-state index contributed by atoms with van der Waals surface area (Å²) < 4.78 is 0. The summed E-state index contributed by atoms with van der Waals surface area (Å²) in [6.45, 7) is 0.0184. The van der Waals surface area contributed by atoms with Crippen molar-refractivity contribution in [3.8, 4) is 0 Å². The van der Waals surface area contributed by atoms with Crippen molar-refractivity contribution in [3.63, 3.8) is 0 Å². The number of nitrogens with two attached hydrogens (primary N) is 1. The van der Waals surface area contributed by atoms with Crippen molar-refractivity contribution in [2.24, 2.45) is 5.73 Å². The fourth-order valence-electron chi connectivity index (χ4n) is 1.47. The van der Waals surface area contributed by atoms with E-state index < -0.39 is 55.1 Å². The minimum absolute atomic E-state index is 0.913. The number of aliphatic hydroxyl groups is 9. The SMILES string of the molecule is CC(N)(O)C(O)C(O)C(O)C(O)C(O)C(O)C(O)CO. The van der Waals surface area contributed by atoms with Gasteiger partial charge in [0, 0.05) is 0 Å². The van der Waals surface area contributed by atoms with E-state index >= 15 is 0 Å². The highest BCUT2D eigenvalue weighted by atomic mass is 16.4. The van der Waals surface area contributed by atoms with Gasteiger partial charge in [-0.25, -0.2) is 0 Å². The van der Waals surface area contributed by atoms with Gasteiger partial charge in [0.25, 0.3) is 0 Å². The van der Waals surface area contributed by atoms with E-state index in [9.17, 15) is 35.7 Å². The molecule has 0 saturated heterocycles. The summed E-state index contributed by atoms with van der Waals surface area (Å²) in [7, 11) is 0. The van der Waals surface area contributed by atoms with Crippen LogP contribution in [0.15, 0.2) is 0 Å². The summed E-state index contributed by atoms with van der Waals surface area (Å²) in [5.74, 6) is 0. The molecule has 8 unspecified atom stereocenters. The first-order valence-electron chi connectivity index (χ1n) is 5.83. The topological polar surface area (TPSA) is 208 Å². The minimum atomic E-state index is -2.28. The van der Waals surface area contributed by atoms with Crippen LogP contribution < -0.4 is 5.73 Å². The van der Waals surface area contributed by atoms with E-state index in [1.807, 2.05) is 0 Å². The van der Waals surface area contributed by atoms with Crippen molar-refractivity contribution >= 4 is 0 Å². The minimum Gasteiger partial charge on any atom is -0.394 e. The Kier molecular flexibility index (Phi) is 7.41. The molecule has 0 rings (SSSR count). The van der Waals surface area contributed by atoms with Gasteiger partial charge in [0.05, 0.1) is 6.61 Å². The molecule has 0 aliphatic rings. The standard InChI is InChI=1S/C10H23NO9/c1-10(11,20)9(19)8(18)7(17)6(16)5(15)4(14)3(13)2-12/h3-9,12-20H,2,11H2,1H3. The third-order valence-corrected chi connectivity index (χ3v) is 2.90. The zero-order valence-electron chi connectivity index (χ0n) is 10.9. The van der Waals surface area contributed by atoms with E-state index in [-0.39, 0.29) is 0 Å².